The number of aromatic nitrogens is 2. The number of carbonyl (C=O) groups is 2. The molecule has 0 spiro atoms. The summed E-state index contributed by atoms with van der Waals surface area (Å²) in [4.78, 5) is 31.1. The van der Waals surface area contributed by atoms with Crippen molar-refractivity contribution in [1.29, 1.82) is 0 Å². The quantitative estimate of drug-likeness (QED) is 0.887. The highest BCUT2D eigenvalue weighted by molar-refractivity contribution is 5.81. The van der Waals surface area contributed by atoms with Crippen molar-refractivity contribution in [3.63, 3.8) is 0 Å². The van der Waals surface area contributed by atoms with Gasteiger partial charge in [-0.2, -0.15) is 0 Å². The van der Waals surface area contributed by atoms with Crippen molar-refractivity contribution in [2.24, 2.45) is 11.8 Å². The third kappa shape index (κ3) is 4.22. The van der Waals surface area contributed by atoms with Gasteiger partial charge in [0, 0.05) is 43.7 Å². The molecule has 1 aliphatic carbocycles. The molecule has 1 aliphatic heterocycles. The zero-order valence-electron chi connectivity index (χ0n) is 15.5. The molecule has 0 bridgehead atoms. The number of piperidine rings is 1. The lowest BCUT2D eigenvalue weighted by Crippen LogP contribution is -2.45. The van der Waals surface area contributed by atoms with E-state index < -0.39 is 0 Å². The van der Waals surface area contributed by atoms with Gasteiger partial charge in [-0.25, -0.2) is 4.98 Å². The Morgan fingerprint density at radius 3 is 2.40 bits per heavy atom. The molecule has 1 aromatic rings. The first-order valence-electron chi connectivity index (χ1n) is 9.61. The zero-order chi connectivity index (χ0) is 17.8. The van der Waals surface area contributed by atoms with Gasteiger partial charge in [0.05, 0.1) is 12.0 Å². The van der Waals surface area contributed by atoms with Gasteiger partial charge in [-0.05, 0) is 39.5 Å². The van der Waals surface area contributed by atoms with Crippen molar-refractivity contribution in [2.45, 2.75) is 58.9 Å². The third-order valence-corrected chi connectivity index (χ3v) is 5.88. The van der Waals surface area contributed by atoms with Crippen molar-refractivity contribution in [3.8, 4) is 0 Å². The summed E-state index contributed by atoms with van der Waals surface area (Å²) in [5.74, 6) is 0.732. The molecule has 2 fully saturated rings. The Hall–Kier alpha value is -1.85. The summed E-state index contributed by atoms with van der Waals surface area (Å²) in [5, 5.41) is 3.05. The molecular weight excluding hydrogens is 316 g/mol. The predicted molar refractivity (Wildman–Crippen MR) is 96.0 cm³/mol. The van der Waals surface area contributed by atoms with Crippen molar-refractivity contribution < 1.29 is 9.59 Å². The van der Waals surface area contributed by atoms with Crippen LogP contribution in [0.2, 0.25) is 0 Å². The number of aryl methyl sites for hydroxylation is 1. The fourth-order valence-corrected chi connectivity index (χ4v) is 4.01. The molecule has 2 aliphatic rings. The first-order chi connectivity index (χ1) is 12.1. The van der Waals surface area contributed by atoms with Gasteiger partial charge < -0.3 is 14.8 Å². The minimum atomic E-state index is 0.0400. The van der Waals surface area contributed by atoms with Crippen LogP contribution in [0.3, 0.4) is 0 Å². The summed E-state index contributed by atoms with van der Waals surface area (Å²) in [7, 11) is 0. The Balaban J connectivity index is 1.39. The first kappa shape index (κ1) is 18.0. The van der Waals surface area contributed by atoms with E-state index in [4.69, 9.17) is 0 Å². The first-order valence-corrected chi connectivity index (χ1v) is 9.61. The van der Waals surface area contributed by atoms with Crippen LogP contribution in [0, 0.1) is 25.7 Å². The molecule has 0 atom stereocenters. The summed E-state index contributed by atoms with van der Waals surface area (Å²) in [6.45, 7) is 6.86. The van der Waals surface area contributed by atoms with Crippen LogP contribution in [-0.2, 0) is 16.1 Å². The monoisotopic (exact) mass is 346 g/mol. The van der Waals surface area contributed by atoms with Gasteiger partial charge in [-0.15, -0.1) is 0 Å². The average Bonchev–Trinajstić information content (AvgIpc) is 3.27. The molecule has 0 unspecified atom stereocenters. The maximum absolute atomic E-state index is 12.5. The van der Waals surface area contributed by atoms with Crippen LogP contribution < -0.4 is 5.32 Å². The number of rotatable bonds is 5. The van der Waals surface area contributed by atoms with Crippen LogP contribution in [0.5, 0.6) is 0 Å². The lowest BCUT2D eigenvalue weighted by atomic mass is 9.94. The third-order valence-electron chi connectivity index (χ3n) is 5.88. The molecule has 0 radical (unpaired) electrons. The topological polar surface area (TPSA) is 67.2 Å². The molecule has 25 heavy (non-hydrogen) atoms. The highest BCUT2D eigenvalue weighted by Gasteiger charge is 2.31. The van der Waals surface area contributed by atoms with Gasteiger partial charge in [-0.3, -0.25) is 9.59 Å². The summed E-state index contributed by atoms with van der Waals surface area (Å²) in [5.41, 5.74) is 2.18. The number of likely N-dealkylation sites (tertiary alicyclic amines) is 1. The van der Waals surface area contributed by atoms with Crippen molar-refractivity contribution in [3.05, 3.63) is 17.7 Å². The zero-order valence-corrected chi connectivity index (χ0v) is 15.5. The van der Waals surface area contributed by atoms with Gasteiger partial charge >= 0.3 is 0 Å². The maximum atomic E-state index is 12.5. The fraction of sp³-hybridized carbons (Fsp3) is 0.737. The fourth-order valence-electron chi connectivity index (χ4n) is 4.01. The van der Waals surface area contributed by atoms with Crippen LogP contribution in [0.1, 0.15) is 49.9 Å². The standard InChI is InChI=1S/C19H30N4O2/c1-14-15(2)23(13-21-14)12-9-20-18(24)16-7-10-22(11-8-16)19(25)17-5-3-4-6-17/h13,16-17H,3-12H2,1-2H3,(H,20,24). The van der Waals surface area contributed by atoms with Crippen LogP contribution >= 0.6 is 0 Å². The molecule has 6 nitrogen and oxygen atoms in total. The van der Waals surface area contributed by atoms with Gasteiger partial charge in [-0.1, -0.05) is 12.8 Å². The van der Waals surface area contributed by atoms with Gasteiger partial charge in [0.2, 0.25) is 11.8 Å². The van der Waals surface area contributed by atoms with E-state index in [1.807, 2.05) is 25.1 Å². The number of carbonyl (C=O) groups excluding carboxylic acids is 2. The summed E-state index contributed by atoms with van der Waals surface area (Å²) >= 11 is 0. The van der Waals surface area contributed by atoms with Crippen LogP contribution in [0.25, 0.3) is 0 Å². The van der Waals surface area contributed by atoms with E-state index >= 15 is 0 Å². The Kier molecular flexibility index (Phi) is 5.76. The second kappa shape index (κ2) is 8.02. The van der Waals surface area contributed by atoms with Crippen molar-refractivity contribution >= 4 is 11.8 Å². The van der Waals surface area contributed by atoms with Crippen LogP contribution in [-0.4, -0.2) is 45.9 Å². The average molecular weight is 346 g/mol. The summed E-state index contributed by atoms with van der Waals surface area (Å²) in [6, 6.07) is 0. The number of hydrogen-bond donors (Lipinski definition) is 1. The van der Waals surface area contributed by atoms with Crippen molar-refractivity contribution in [1.82, 2.24) is 19.8 Å². The van der Waals surface area contributed by atoms with E-state index in [2.05, 4.69) is 14.9 Å². The number of hydrogen-bond acceptors (Lipinski definition) is 3. The van der Waals surface area contributed by atoms with Gasteiger partial charge in [0.15, 0.2) is 0 Å². The lowest BCUT2D eigenvalue weighted by molar-refractivity contribution is -0.139. The van der Waals surface area contributed by atoms with E-state index in [0.29, 0.717) is 12.5 Å². The summed E-state index contributed by atoms with van der Waals surface area (Å²) in [6.07, 6.45) is 7.86. The van der Waals surface area contributed by atoms with Crippen LogP contribution in [0.15, 0.2) is 6.33 Å². The molecule has 3 rings (SSSR count). The minimum Gasteiger partial charge on any atom is -0.354 e. The lowest BCUT2D eigenvalue weighted by Gasteiger charge is -2.33. The number of amides is 2. The van der Waals surface area contributed by atoms with E-state index in [9.17, 15) is 9.59 Å². The highest BCUT2D eigenvalue weighted by Crippen LogP contribution is 2.28. The molecule has 1 N–H and O–H groups in total. The van der Waals surface area contributed by atoms with Crippen molar-refractivity contribution in [2.75, 3.05) is 19.6 Å². The number of imidazole rings is 1. The Morgan fingerprint density at radius 2 is 1.80 bits per heavy atom. The van der Waals surface area contributed by atoms with E-state index in [-0.39, 0.29) is 17.7 Å². The highest BCUT2D eigenvalue weighted by atomic mass is 16.2. The number of nitrogens with zero attached hydrogens (tertiary/aromatic N) is 3. The second-order valence-corrected chi connectivity index (χ2v) is 7.48. The molecule has 0 aromatic carbocycles. The molecular formula is C19H30N4O2. The Bertz CT molecular complexity index is 611. The molecule has 1 saturated carbocycles. The second-order valence-electron chi connectivity index (χ2n) is 7.48. The smallest absolute Gasteiger partial charge is 0.225 e. The molecule has 6 heteroatoms. The molecule has 1 aromatic heterocycles. The van der Waals surface area contributed by atoms with Gasteiger partial charge in [0.25, 0.3) is 0 Å². The van der Waals surface area contributed by atoms with E-state index in [0.717, 1.165) is 56.7 Å². The normalized spacial score (nSPS) is 19.4. The largest absolute Gasteiger partial charge is 0.354 e. The predicted octanol–water partition coefficient (Wildman–Crippen LogP) is 2.04. The van der Waals surface area contributed by atoms with Crippen LogP contribution in [0.4, 0.5) is 0 Å². The Labute approximate surface area is 150 Å². The van der Waals surface area contributed by atoms with E-state index in [1.54, 1.807) is 0 Å². The minimum absolute atomic E-state index is 0.0400. The SMILES string of the molecule is Cc1ncn(CCNC(=O)C2CCN(C(=O)C3CCCC3)CC2)c1C. The van der Waals surface area contributed by atoms with E-state index in [1.165, 1.54) is 12.8 Å². The molecule has 138 valence electrons. The summed E-state index contributed by atoms with van der Waals surface area (Å²) < 4.78 is 2.07. The number of nitrogens with one attached hydrogen (secondary N) is 1. The maximum Gasteiger partial charge on any atom is 0.225 e. The Morgan fingerprint density at radius 1 is 1.12 bits per heavy atom. The molecule has 2 amide bonds. The molecule has 1 saturated heterocycles. The molecule has 2 heterocycles. The van der Waals surface area contributed by atoms with Gasteiger partial charge in [0.1, 0.15) is 0 Å².